The van der Waals surface area contributed by atoms with Crippen LogP contribution in [-0.2, 0) is 16.8 Å². The van der Waals surface area contributed by atoms with Crippen LogP contribution in [0, 0.1) is 20.2 Å². The van der Waals surface area contributed by atoms with Crippen molar-refractivity contribution in [1.29, 1.82) is 0 Å². The molecule has 0 bridgehead atoms. The number of aromatic nitrogens is 2. The number of fused-ring (bicyclic) bond motifs is 2. The van der Waals surface area contributed by atoms with Crippen LogP contribution >= 0.6 is 0 Å². The summed E-state index contributed by atoms with van der Waals surface area (Å²) >= 11 is 0. The van der Waals surface area contributed by atoms with Crippen LogP contribution in [0.1, 0.15) is 34.3 Å². The zero-order chi connectivity index (χ0) is 39.0. The Kier molecular flexibility index (Phi) is 12.3. The van der Waals surface area contributed by atoms with Gasteiger partial charge in [0, 0.05) is 48.0 Å². The Morgan fingerprint density at radius 3 is 1.18 bits per heavy atom. The zero-order valence-corrected chi connectivity index (χ0v) is 30.9. The number of hydrogen-bond donors (Lipinski definition) is 2. The molecule has 8 rings (SSSR count). The van der Waals surface area contributed by atoms with Gasteiger partial charge in [0.2, 0.25) is 0 Å². The molecule has 0 amide bonds. The average Bonchev–Trinajstić information content (AvgIpc) is 3.24. The molecule has 12 nitrogen and oxygen atoms in total. The summed E-state index contributed by atoms with van der Waals surface area (Å²) in [4.78, 5) is 29.4. The fourth-order valence-corrected chi connectivity index (χ4v) is 6.39. The first-order valence-corrected chi connectivity index (χ1v) is 17.5. The van der Waals surface area contributed by atoms with Crippen LogP contribution in [-0.4, -0.2) is 19.8 Å². The van der Waals surface area contributed by atoms with Gasteiger partial charge in [-0.2, -0.15) is 0 Å². The first-order valence-electron chi connectivity index (χ1n) is 17.5. The molecular formula is C44H32CoN6O6. The Balaban J connectivity index is 0.000000189. The molecule has 8 aromatic rings. The van der Waals surface area contributed by atoms with Crippen molar-refractivity contribution in [2.45, 2.75) is 12.1 Å². The van der Waals surface area contributed by atoms with E-state index in [1.165, 1.54) is 24.3 Å². The van der Waals surface area contributed by atoms with Gasteiger partial charge in [-0.1, -0.05) is 109 Å². The Hall–Kier alpha value is -7.35. The molecule has 0 aliphatic carbocycles. The number of benzene rings is 6. The number of anilines is 2. The van der Waals surface area contributed by atoms with Crippen molar-refractivity contribution < 1.29 is 36.8 Å². The van der Waals surface area contributed by atoms with Gasteiger partial charge in [0.05, 0.1) is 33.0 Å². The average molecular weight is 800 g/mol. The van der Waals surface area contributed by atoms with Gasteiger partial charge in [0.1, 0.15) is 0 Å². The molecule has 0 aliphatic rings. The predicted octanol–water partition coefficient (Wildman–Crippen LogP) is 8.83. The van der Waals surface area contributed by atoms with Crippen molar-refractivity contribution in [3.8, 4) is 11.5 Å². The third-order valence-electron chi connectivity index (χ3n) is 9.18. The molecular weight excluding hydrogens is 767 g/mol. The quantitative estimate of drug-likeness (QED) is 0.100. The molecule has 2 unspecified atom stereocenters. The fraction of sp³-hybridized carbons (Fsp3) is 0.0455. The van der Waals surface area contributed by atoms with Crippen LogP contribution in [0.3, 0.4) is 0 Å². The summed E-state index contributed by atoms with van der Waals surface area (Å²) in [5.41, 5.74) is 5.19. The van der Waals surface area contributed by atoms with Crippen molar-refractivity contribution in [3.05, 3.63) is 213 Å². The van der Waals surface area contributed by atoms with E-state index >= 15 is 0 Å². The first kappa shape index (κ1) is 39.3. The standard InChI is InChI=1S/2C22H17N3O3.Co/c2*26-22-19(13-8-16-7-4-14-23-21(16)22)20(15-5-2-1-3-6-15)24-17-9-11-18(12-10-17)25(27)28;/h2*1-14,20,24,26H;/q;;+2/p-2. The number of nitro groups is 2. The fourth-order valence-electron chi connectivity index (χ4n) is 6.39. The smallest absolute Gasteiger partial charge is 0.871 e. The monoisotopic (exact) mass is 799 g/mol. The second kappa shape index (κ2) is 17.9. The molecule has 2 atom stereocenters. The van der Waals surface area contributed by atoms with Gasteiger partial charge in [-0.25, -0.2) is 0 Å². The van der Waals surface area contributed by atoms with E-state index in [9.17, 15) is 30.4 Å². The second-order valence-corrected chi connectivity index (χ2v) is 12.7. The molecule has 2 aromatic heterocycles. The molecule has 2 heterocycles. The van der Waals surface area contributed by atoms with E-state index < -0.39 is 21.9 Å². The normalized spacial score (nSPS) is 11.6. The van der Waals surface area contributed by atoms with Crippen LogP contribution in [0.2, 0.25) is 0 Å². The molecule has 0 spiro atoms. The number of pyridine rings is 2. The third-order valence-corrected chi connectivity index (χ3v) is 9.18. The Morgan fingerprint density at radius 1 is 0.456 bits per heavy atom. The topological polar surface area (TPSA) is 182 Å². The van der Waals surface area contributed by atoms with Gasteiger partial charge in [-0.15, -0.1) is 0 Å². The van der Waals surface area contributed by atoms with Crippen molar-refractivity contribution >= 4 is 44.6 Å². The number of nitrogens with zero attached hydrogens (tertiary/aromatic N) is 4. The van der Waals surface area contributed by atoms with Crippen LogP contribution in [0.15, 0.2) is 170 Å². The summed E-state index contributed by atoms with van der Waals surface area (Å²) in [6, 6.07) is 45.3. The number of nitro benzene ring substituents is 2. The summed E-state index contributed by atoms with van der Waals surface area (Å²) in [5.74, 6) is -0.275. The van der Waals surface area contributed by atoms with E-state index in [1.54, 1.807) is 48.8 Å². The van der Waals surface area contributed by atoms with E-state index in [4.69, 9.17) is 0 Å². The van der Waals surface area contributed by atoms with Gasteiger partial charge < -0.3 is 20.8 Å². The summed E-state index contributed by atoms with van der Waals surface area (Å²) in [6.07, 6.45) is 3.21. The number of nitrogens with one attached hydrogen (secondary N) is 2. The van der Waals surface area contributed by atoms with Crippen LogP contribution < -0.4 is 20.8 Å². The van der Waals surface area contributed by atoms with Gasteiger partial charge in [-0.3, -0.25) is 30.2 Å². The molecule has 0 fully saturated rings. The number of rotatable bonds is 10. The Bertz CT molecular complexity index is 2450. The van der Waals surface area contributed by atoms with E-state index in [0.29, 0.717) is 33.5 Å². The summed E-state index contributed by atoms with van der Waals surface area (Å²) in [6.45, 7) is 0. The Morgan fingerprint density at radius 2 is 0.825 bits per heavy atom. The van der Waals surface area contributed by atoms with Gasteiger partial charge in [0.25, 0.3) is 11.4 Å². The molecule has 0 saturated carbocycles. The molecule has 2 N–H and O–H groups in total. The number of hydrogen-bond acceptors (Lipinski definition) is 10. The first-order chi connectivity index (χ1) is 27.3. The van der Waals surface area contributed by atoms with Crippen LogP contribution in [0.25, 0.3) is 21.8 Å². The molecule has 1 radical (unpaired) electrons. The largest absolute Gasteiger partial charge is 2.00 e. The maximum Gasteiger partial charge on any atom is 2.00 e. The minimum absolute atomic E-state index is 0. The third kappa shape index (κ3) is 8.97. The molecule has 6 aromatic carbocycles. The van der Waals surface area contributed by atoms with Crippen molar-refractivity contribution in [2.75, 3.05) is 10.6 Å². The maximum absolute atomic E-state index is 13.1. The van der Waals surface area contributed by atoms with Crippen molar-refractivity contribution in [1.82, 2.24) is 9.97 Å². The molecule has 13 heteroatoms. The summed E-state index contributed by atoms with van der Waals surface area (Å²) in [5, 5.41) is 56.2. The van der Waals surface area contributed by atoms with Gasteiger partial charge in [-0.05, 0) is 69.4 Å². The van der Waals surface area contributed by atoms with Crippen LogP contribution in [0.4, 0.5) is 22.7 Å². The minimum atomic E-state index is -0.441. The molecule has 0 aliphatic heterocycles. The second-order valence-electron chi connectivity index (χ2n) is 12.7. The van der Waals surface area contributed by atoms with Gasteiger partial charge >= 0.3 is 16.8 Å². The van der Waals surface area contributed by atoms with Crippen molar-refractivity contribution in [2.24, 2.45) is 0 Å². The number of non-ortho nitro benzene ring substituents is 2. The van der Waals surface area contributed by atoms with E-state index in [2.05, 4.69) is 20.6 Å². The maximum atomic E-state index is 13.1. The van der Waals surface area contributed by atoms with E-state index in [1.807, 2.05) is 97.1 Å². The Labute approximate surface area is 337 Å². The minimum Gasteiger partial charge on any atom is -0.871 e. The van der Waals surface area contributed by atoms with E-state index in [-0.39, 0.29) is 39.7 Å². The predicted molar refractivity (Wildman–Crippen MR) is 212 cm³/mol. The zero-order valence-electron chi connectivity index (χ0n) is 29.9. The molecule has 0 saturated heterocycles. The summed E-state index contributed by atoms with van der Waals surface area (Å²) in [7, 11) is 0. The molecule has 57 heavy (non-hydrogen) atoms. The van der Waals surface area contributed by atoms with Gasteiger partial charge in [0.15, 0.2) is 0 Å². The van der Waals surface area contributed by atoms with Crippen LogP contribution in [0.5, 0.6) is 11.5 Å². The summed E-state index contributed by atoms with van der Waals surface area (Å²) < 4.78 is 0. The van der Waals surface area contributed by atoms with Crippen molar-refractivity contribution in [3.63, 3.8) is 0 Å². The SMILES string of the molecule is O=[N+]([O-])c1ccc(NC(c2ccccc2)c2ccc3cccnc3c2[O-])cc1.O=[N+]([O-])c1ccc(NC(c2ccccc2)c2ccc3cccnc3c2[O-])cc1.[Co+2]. The van der Waals surface area contributed by atoms with E-state index in [0.717, 1.165) is 21.9 Å². The molecule has 283 valence electrons.